The van der Waals surface area contributed by atoms with E-state index >= 15 is 0 Å². The van der Waals surface area contributed by atoms with Crippen LogP contribution in [0, 0.1) is 0 Å². The first-order chi connectivity index (χ1) is 14.7. The molecule has 0 radical (unpaired) electrons. The van der Waals surface area contributed by atoms with Crippen molar-refractivity contribution in [3.8, 4) is 11.5 Å². The number of hydrogen-bond acceptors (Lipinski definition) is 4. The summed E-state index contributed by atoms with van der Waals surface area (Å²) in [7, 11) is 5.06. The molecule has 0 aliphatic carbocycles. The monoisotopic (exact) mass is 535 g/mol. The molecule has 0 unspecified atom stereocenters. The normalized spacial score (nSPS) is 10.9. The lowest BCUT2D eigenvalue weighted by Gasteiger charge is -2.15. The molecule has 0 fully saturated rings. The van der Waals surface area contributed by atoms with Crippen molar-refractivity contribution < 1.29 is 9.47 Å². The van der Waals surface area contributed by atoms with Gasteiger partial charge in [-0.25, -0.2) is 4.98 Å². The summed E-state index contributed by atoms with van der Waals surface area (Å²) >= 11 is 0. The summed E-state index contributed by atoms with van der Waals surface area (Å²) in [6.45, 7) is 2.14. The Bertz CT molecular complexity index is 960. The molecule has 0 saturated heterocycles. The molecular formula is C23H30IN5O2. The molecule has 3 rings (SSSR count). The highest BCUT2D eigenvalue weighted by atomic mass is 127. The van der Waals surface area contributed by atoms with E-state index in [-0.39, 0.29) is 24.0 Å². The predicted molar refractivity (Wildman–Crippen MR) is 135 cm³/mol. The second kappa shape index (κ2) is 12.8. The van der Waals surface area contributed by atoms with Crippen LogP contribution >= 0.6 is 24.0 Å². The number of rotatable bonds is 9. The highest BCUT2D eigenvalue weighted by molar-refractivity contribution is 14.0. The van der Waals surface area contributed by atoms with Crippen molar-refractivity contribution in [1.82, 2.24) is 20.2 Å². The number of imidazole rings is 1. The van der Waals surface area contributed by atoms with Crippen LogP contribution in [0.3, 0.4) is 0 Å². The van der Waals surface area contributed by atoms with Crippen LogP contribution in [0.15, 0.2) is 65.9 Å². The van der Waals surface area contributed by atoms with Crippen molar-refractivity contribution in [2.45, 2.75) is 19.5 Å². The smallest absolute Gasteiger partial charge is 0.191 e. The molecule has 1 heterocycles. The number of nitrogens with one attached hydrogen (secondary N) is 2. The molecule has 0 spiro atoms. The Morgan fingerprint density at radius 1 is 1.06 bits per heavy atom. The van der Waals surface area contributed by atoms with E-state index in [9.17, 15) is 0 Å². The molecule has 3 aromatic rings. The summed E-state index contributed by atoms with van der Waals surface area (Å²) in [5, 5.41) is 6.67. The second-order valence-electron chi connectivity index (χ2n) is 6.74. The van der Waals surface area contributed by atoms with Crippen LogP contribution in [0.4, 0.5) is 0 Å². The third-order valence-electron chi connectivity index (χ3n) is 4.80. The third kappa shape index (κ3) is 7.16. The zero-order valence-electron chi connectivity index (χ0n) is 18.2. The Labute approximate surface area is 200 Å². The van der Waals surface area contributed by atoms with Gasteiger partial charge in [-0.15, -0.1) is 24.0 Å². The molecule has 0 aliphatic heterocycles. The maximum absolute atomic E-state index is 5.45. The Morgan fingerprint density at radius 2 is 1.87 bits per heavy atom. The summed E-state index contributed by atoms with van der Waals surface area (Å²) in [5.41, 5.74) is 2.29. The fraction of sp³-hybridized carbons (Fsp3) is 0.304. The van der Waals surface area contributed by atoms with Crippen LogP contribution in [0.5, 0.6) is 11.5 Å². The fourth-order valence-electron chi connectivity index (χ4n) is 3.18. The van der Waals surface area contributed by atoms with Crippen molar-refractivity contribution in [3.63, 3.8) is 0 Å². The topological polar surface area (TPSA) is 72.7 Å². The minimum Gasteiger partial charge on any atom is -0.497 e. The van der Waals surface area contributed by atoms with E-state index in [4.69, 9.17) is 9.47 Å². The minimum absolute atomic E-state index is 0. The van der Waals surface area contributed by atoms with Crippen molar-refractivity contribution in [1.29, 1.82) is 0 Å². The first kappa shape index (κ1) is 24.5. The van der Waals surface area contributed by atoms with Gasteiger partial charge in [0, 0.05) is 57.1 Å². The summed E-state index contributed by atoms with van der Waals surface area (Å²) in [6, 6.07) is 16.2. The Hall–Kier alpha value is -2.75. The lowest BCUT2D eigenvalue weighted by Crippen LogP contribution is -2.38. The summed E-state index contributed by atoms with van der Waals surface area (Å²) in [5.74, 6) is 3.32. The van der Waals surface area contributed by atoms with Crippen LogP contribution in [0.2, 0.25) is 0 Å². The van der Waals surface area contributed by atoms with Gasteiger partial charge < -0.3 is 24.7 Å². The van der Waals surface area contributed by atoms with Gasteiger partial charge >= 0.3 is 0 Å². The van der Waals surface area contributed by atoms with Gasteiger partial charge in [0.2, 0.25) is 0 Å². The van der Waals surface area contributed by atoms with Crippen molar-refractivity contribution in [2.75, 3.05) is 27.8 Å². The number of nitrogens with zero attached hydrogens (tertiary/aromatic N) is 3. The molecule has 0 saturated carbocycles. The molecule has 0 amide bonds. The van der Waals surface area contributed by atoms with Crippen molar-refractivity contribution >= 4 is 29.9 Å². The molecule has 2 aromatic carbocycles. The average Bonchev–Trinajstić information content (AvgIpc) is 3.23. The van der Waals surface area contributed by atoms with E-state index in [1.807, 2.05) is 36.7 Å². The van der Waals surface area contributed by atoms with Gasteiger partial charge in [0.25, 0.3) is 0 Å². The molecule has 166 valence electrons. The maximum atomic E-state index is 5.45. The summed E-state index contributed by atoms with van der Waals surface area (Å²) in [4.78, 5) is 8.80. The molecule has 31 heavy (non-hydrogen) atoms. The van der Waals surface area contributed by atoms with E-state index in [0.29, 0.717) is 6.54 Å². The highest BCUT2D eigenvalue weighted by Crippen LogP contribution is 2.24. The van der Waals surface area contributed by atoms with Crippen molar-refractivity contribution in [3.05, 3.63) is 77.9 Å². The van der Waals surface area contributed by atoms with Crippen LogP contribution in [0.1, 0.15) is 17.0 Å². The highest BCUT2D eigenvalue weighted by Gasteiger charge is 2.07. The van der Waals surface area contributed by atoms with Gasteiger partial charge in [0.05, 0.1) is 14.2 Å². The van der Waals surface area contributed by atoms with E-state index in [1.54, 1.807) is 21.3 Å². The van der Waals surface area contributed by atoms with Gasteiger partial charge in [0.15, 0.2) is 5.96 Å². The number of halogens is 1. The summed E-state index contributed by atoms with van der Waals surface area (Å²) in [6.07, 6.45) is 4.67. The van der Waals surface area contributed by atoms with Crippen molar-refractivity contribution in [2.24, 2.45) is 4.99 Å². The zero-order chi connectivity index (χ0) is 21.2. The van der Waals surface area contributed by atoms with E-state index < -0.39 is 0 Å². The molecule has 0 atom stereocenters. The number of guanidine groups is 1. The van der Waals surface area contributed by atoms with Gasteiger partial charge in [-0.2, -0.15) is 0 Å². The Balaban J connectivity index is 0.00000341. The van der Waals surface area contributed by atoms with Gasteiger partial charge in [-0.3, -0.25) is 4.99 Å². The molecule has 7 nitrogen and oxygen atoms in total. The van der Waals surface area contributed by atoms with E-state index in [2.05, 4.69) is 49.4 Å². The first-order valence-electron chi connectivity index (χ1n) is 9.93. The Morgan fingerprint density at radius 3 is 2.58 bits per heavy atom. The predicted octanol–water partition coefficient (Wildman–Crippen LogP) is 3.47. The number of benzene rings is 2. The number of methoxy groups -OCH3 is 2. The Kier molecular flexibility index (Phi) is 10.2. The first-order valence-corrected chi connectivity index (χ1v) is 9.93. The largest absolute Gasteiger partial charge is 0.497 e. The van der Waals surface area contributed by atoms with Crippen LogP contribution < -0.4 is 20.1 Å². The average molecular weight is 535 g/mol. The molecular weight excluding hydrogens is 505 g/mol. The van der Waals surface area contributed by atoms with Crippen LogP contribution in [-0.2, 0) is 19.5 Å². The van der Waals surface area contributed by atoms with Gasteiger partial charge in [-0.1, -0.05) is 30.3 Å². The standard InChI is InChI=1S/C23H29N5O2.HI/c1-24-23(27-16-19-9-10-20(29-2)15-21(19)30-3)26-12-11-22-25-13-14-28(22)17-18-7-5-4-6-8-18;/h4-10,13-15H,11-12,16-17H2,1-3H3,(H2,24,26,27);1H. The zero-order valence-corrected chi connectivity index (χ0v) is 20.5. The fourth-order valence-corrected chi connectivity index (χ4v) is 3.18. The minimum atomic E-state index is 0. The molecule has 1 aromatic heterocycles. The molecule has 2 N–H and O–H groups in total. The van der Waals surface area contributed by atoms with Gasteiger partial charge in [0.1, 0.15) is 17.3 Å². The van der Waals surface area contributed by atoms with Crippen LogP contribution in [0.25, 0.3) is 0 Å². The molecule has 8 heteroatoms. The lowest BCUT2D eigenvalue weighted by atomic mass is 10.2. The van der Waals surface area contributed by atoms with Gasteiger partial charge in [-0.05, 0) is 17.7 Å². The van der Waals surface area contributed by atoms with Crippen LogP contribution in [-0.4, -0.2) is 43.3 Å². The number of ether oxygens (including phenoxy) is 2. The SMILES string of the molecule is CN=C(NCCc1nccn1Cc1ccccc1)NCc1ccc(OC)cc1OC.I. The summed E-state index contributed by atoms with van der Waals surface area (Å²) < 4.78 is 12.9. The maximum Gasteiger partial charge on any atom is 0.191 e. The number of aromatic nitrogens is 2. The lowest BCUT2D eigenvalue weighted by molar-refractivity contribution is 0.390. The third-order valence-corrected chi connectivity index (χ3v) is 4.80. The number of aliphatic imine (C=N–C) groups is 1. The number of hydrogen-bond donors (Lipinski definition) is 2. The molecule has 0 aliphatic rings. The van der Waals surface area contributed by atoms with E-state index in [0.717, 1.165) is 48.4 Å². The molecule has 0 bridgehead atoms. The van der Waals surface area contributed by atoms with E-state index in [1.165, 1.54) is 5.56 Å². The quantitative estimate of drug-likeness (QED) is 0.250. The second-order valence-corrected chi connectivity index (χ2v) is 6.74.